The van der Waals surface area contributed by atoms with Gasteiger partial charge in [0.1, 0.15) is 6.61 Å². The minimum atomic E-state index is -3.41. The van der Waals surface area contributed by atoms with Crippen LogP contribution in [-0.4, -0.2) is 37.5 Å². The molecule has 0 unspecified atom stereocenters. The highest BCUT2D eigenvalue weighted by Crippen LogP contribution is 2.22. The van der Waals surface area contributed by atoms with Crippen molar-refractivity contribution < 1.29 is 13.5 Å². The van der Waals surface area contributed by atoms with Crippen LogP contribution in [0.1, 0.15) is 36.8 Å². The average Bonchev–Trinajstić information content (AvgIpc) is 2.75. The van der Waals surface area contributed by atoms with E-state index in [1.807, 2.05) is 6.92 Å². The Balaban J connectivity index is 2.29. The van der Waals surface area contributed by atoms with Crippen LogP contribution in [0.5, 0.6) is 0 Å². The van der Waals surface area contributed by atoms with Gasteiger partial charge in [0.25, 0.3) is 0 Å². The van der Waals surface area contributed by atoms with E-state index >= 15 is 0 Å². The second-order valence-electron chi connectivity index (χ2n) is 5.25. The van der Waals surface area contributed by atoms with E-state index in [0.29, 0.717) is 18.0 Å². The zero-order valence-corrected chi connectivity index (χ0v) is 13.1. The van der Waals surface area contributed by atoms with Crippen LogP contribution in [0.2, 0.25) is 0 Å². The Morgan fingerprint density at radius 3 is 2.43 bits per heavy atom. The molecule has 2 rings (SSSR count). The van der Waals surface area contributed by atoms with E-state index < -0.39 is 10.0 Å². The fourth-order valence-corrected chi connectivity index (χ4v) is 4.11. The van der Waals surface area contributed by atoms with Crippen molar-refractivity contribution >= 4 is 10.0 Å². The van der Waals surface area contributed by atoms with Gasteiger partial charge in [-0.2, -0.15) is 4.31 Å². The second-order valence-corrected chi connectivity index (χ2v) is 7.19. The van der Waals surface area contributed by atoms with Crippen LogP contribution in [0.15, 0.2) is 23.1 Å². The first kappa shape index (κ1) is 16.0. The van der Waals surface area contributed by atoms with Gasteiger partial charge in [-0.25, -0.2) is 8.42 Å². The average molecular weight is 307 g/mol. The molecule has 0 atom stereocenters. The summed E-state index contributed by atoms with van der Waals surface area (Å²) in [6.07, 6.45) is 4.05. The predicted molar refractivity (Wildman–Crippen MR) is 82.4 cm³/mol. The lowest BCUT2D eigenvalue weighted by atomic mass is 10.1. The summed E-state index contributed by atoms with van der Waals surface area (Å²) in [6.45, 7) is 2.84. The summed E-state index contributed by atoms with van der Waals surface area (Å²) >= 11 is 0. The Morgan fingerprint density at radius 1 is 1.19 bits per heavy atom. The Hall–Kier alpha value is -1.35. The first-order valence-corrected chi connectivity index (χ1v) is 8.70. The van der Waals surface area contributed by atoms with Crippen LogP contribution in [0, 0.1) is 18.8 Å². The summed E-state index contributed by atoms with van der Waals surface area (Å²) in [4.78, 5) is 0.330. The van der Waals surface area contributed by atoms with E-state index in [1.165, 1.54) is 0 Å². The van der Waals surface area contributed by atoms with Crippen molar-refractivity contribution in [2.75, 3.05) is 19.7 Å². The number of aliphatic hydroxyl groups is 1. The van der Waals surface area contributed by atoms with Gasteiger partial charge in [-0.15, -0.1) is 0 Å². The van der Waals surface area contributed by atoms with Crippen molar-refractivity contribution in [3.63, 3.8) is 0 Å². The van der Waals surface area contributed by atoms with E-state index in [9.17, 15) is 8.42 Å². The summed E-state index contributed by atoms with van der Waals surface area (Å²) in [5.74, 6) is 5.40. The summed E-state index contributed by atoms with van der Waals surface area (Å²) < 4.78 is 26.9. The molecule has 1 fully saturated rings. The molecule has 5 heteroatoms. The highest BCUT2D eigenvalue weighted by Gasteiger charge is 2.25. The summed E-state index contributed by atoms with van der Waals surface area (Å²) in [5.41, 5.74) is 1.56. The van der Waals surface area contributed by atoms with Gasteiger partial charge < -0.3 is 5.11 Å². The van der Waals surface area contributed by atoms with Gasteiger partial charge in [-0.05, 0) is 43.5 Å². The molecule has 1 N–H and O–H groups in total. The van der Waals surface area contributed by atoms with Crippen LogP contribution in [0.25, 0.3) is 0 Å². The normalized spacial score (nSPS) is 16.9. The molecule has 1 aliphatic rings. The molecule has 1 aliphatic heterocycles. The van der Waals surface area contributed by atoms with Crippen molar-refractivity contribution in [1.29, 1.82) is 0 Å². The lowest BCUT2D eigenvalue weighted by Crippen LogP contribution is -2.32. The molecule has 0 amide bonds. The van der Waals surface area contributed by atoms with Crippen LogP contribution >= 0.6 is 0 Å². The molecule has 1 aromatic rings. The zero-order chi connectivity index (χ0) is 15.3. The van der Waals surface area contributed by atoms with Gasteiger partial charge in [-0.1, -0.05) is 24.7 Å². The second kappa shape index (κ2) is 7.08. The molecule has 0 radical (unpaired) electrons. The number of benzene rings is 1. The van der Waals surface area contributed by atoms with Crippen molar-refractivity contribution in [1.82, 2.24) is 4.31 Å². The molecule has 1 aromatic carbocycles. The molecule has 0 bridgehead atoms. The van der Waals surface area contributed by atoms with Crippen LogP contribution in [-0.2, 0) is 10.0 Å². The maximum Gasteiger partial charge on any atom is 0.243 e. The molecule has 114 valence electrons. The van der Waals surface area contributed by atoms with Gasteiger partial charge in [-0.3, -0.25) is 0 Å². The van der Waals surface area contributed by atoms with E-state index in [0.717, 1.165) is 36.8 Å². The van der Waals surface area contributed by atoms with Crippen molar-refractivity contribution in [2.45, 2.75) is 37.5 Å². The van der Waals surface area contributed by atoms with E-state index in [1.54, 1.807) is 22.5 Å². The number of sulfonamides is 1. The molecule has 1 saturated heterocycles. The topological polar surface area (TPSA) is 57.6 Å². The van der Waals surface area contributed by atoms with Crippen LogP contribution in [0.4, 0.5) is 0 Å². The Kier molecular flexibility index (Phi) is 5.40. The smallest absolute Gasteiger partial charge is 0.243 e. The van der Waals surface area contributed by atoms with E-state index in [2.05, 4.69) is 11.8 Å². The first-order valence-electron chi connectivity index (χ1n) is 7.26. The quantitative estimate of drug-likeness (QED) is 0.849. The van der Waals surface area contributed by atoms with Crippen LogP contribution in [0.3, 0.4) is 0 Å². The third-order valence-corrected chi connectivity index (χ3v) is 5.60. The molecule has 0 aliphatic carbocycles. The highest BCUT2D eigenvalue weighted by atomic mass is 32.2. The minimum absolute atomic E-state index is 0.201. The lowest BCUT2D eigenvalue weighted by molar-refractivity contribution is 0.350. The number of hydrogen-bond acceptors (Lipinski definition) is 3. The van der Waals surface area contributed by atoms with E-state index in [-0.39, 0.29) is 6.61 Å². The molecule has 0 aromatic heterocycles. The number of nitrogens with zero attached hydrogens (tertiary/aromatic N) is 1. The monoisotopic (exact) mass is 307 g/mol. The molecule has 21 heavy (non-hydrogen) atoms. The van der Waals surface area contributed by atoms with Gasteiger partial charge in [0.15, 0.2) is 0 Å². The fraction of sp³-hybridized carbons (Fsp3) is 0.500. The summed E-state index contributed by atoms with van der Waals surface area (Å²) in [7, 11) is -3.41. The molecule has 4 nitrogen and oxygen atoms in total. The molecular weight excluding hydrogens is 286 g/mol. The number of rotatable bonds is 2. The van der Waals surface area contributed by atoms with Gasteiger partial charge in [0.05, 0.1) is 4.90 Å². The Morgan fingerprint density at radius 2 is 1.86 bits per heavy atom. The van der Waals surface area contributed by atoms with Crippen molar-refractivity contribution in [2.24, 2.45) is 0 Å². The number of aryl methyl sites for hydroxylation is 1. The lowest BCUT2D eigenvalue weighted by Gasteiger charge is -2.20. The minimum Gasteiger partial charge on any atom is -0.384 e. The molecular formula is C16H21NO3S. The van der Waals surface area contributed by atoms with Gasteiger partial charge in [0, 0.05) is 18.7 Å². The largest absolute Gasteiger partial charge is 0.384 e. The van der Waals surface area contributed by atoms with E-state index in [4.69, 9.17) is 5.11 Å². The van der Waals surface area contributed by atoms with Crippen molar-refractivity contribution in [3.8, 4) is 11.8 Å². The fourth-order valence-electron chi connectivity index (χ4n) is 2.50. The van der Waals surface area contributed by atoms with Gasteiger partial charge in [0.2, 0.25) is 10.0 Å². The third kappa shape index (κ3) is 3.85. The Bertz CT molecular complexity index is 648. The zero-order valence-electron chi connectivity index (χ0n) is 12.3. The number of hydrogen-bond donors (Lipinski definition) is 1. The summed E-state index contributed by atoms with van der Waals surface area (Å²) in [5, 5.41) is 8.72. The van der Waals surface area contributed by atoms with Crippen molar-refractivity contribution in [3.05, 3.63) is 29.3 Å². The SMILES string of the molecule is Cc1cc(S(=O)(=O)N2CCCCCC2)ccc1C#CCO. The maximum absolute atomic E-state index is 12.7. The van der Waals surface area contributed by atoms with Gasteiger partial charge >= 0.3 is 0 Å². The first-order chi connectivity index (χ1) is 10.1. The standard InChI is InChI=1S/C16H21NO3S/c1-14-13-16(9-8-15(14)7-6-12-18)21(19,20)17-10-4-2-3-5-11-17/h8-9,13,18H,2-5,10-12H2,1H3. The summed E-state index contributed by atoms with van der Waals surface area (Å²) in [6, 6.07) is 4.99. The predicted octanol–water partition coefficient (Wildman–Crippen LogP) is 1.90. The maximum atomic E-state index is 12.7. The molecule has 0 saturated carbocycles. The molecule has 0 spiro atoms. The Labute approximate surface area is 126 Å². The van der Waals surface area contributed by atoms with Crippen LogP contribution < -0.4 is 0 Å². The third-order valence-electron chi connectivity index (χ3n) is 3.70. The molecule has 1 heterocycles. The number of aliphatic hydroxyl groups excluding tert-OH is 1. The highest BCUT2D eigenvalue weighted by molar-refractivity contribution is 7.89.